The van der Waals surface area contributed by atoms with E-state index in [1.807, 2.05) is 0 Å². The summed E-state index contributed by atoms with van der Waals surface area (Å²) in [4.78, 5) is 23.1. The van der Waals surface area contributed by atoms with E-state index in [4.69, 9.17) is 0 Å². The first kappa shape index (κ1) is 19.0. The monoisotopic (exact) mass is 410 g/mol. The van der Waals surface area contributed by atoms with Crippen LogP contribution in [0, 0.1) is 0 Å². The highest BCUT2D eigenvalue weighted by atomic mass is 16.1. The molecule has 154 valence electrons. The molecule has 1 aliphatic heterocycles. The Bertz CT molecular complexity index is 1190. The van der Waals surface area contributed by atoms with E-state index >= 15 is 0 Å². The van der Waals surface area contributed by atoms with Crippen LogP contribution < -0.4 is 10.2 Å². The fourth-order valence-corrected chi connectivity index (χ4v) is 3.85. The fourth-order valence-electron chi connectivity index (χ4n) is 3.85. The number of hydrogen-bond donors (Lipinski definition) is 1. The topological polar surface area (TPSA) is 75.9 Å². The molecule has 1 N–H and O–H groups in total. The molecule has 0 unspecified atom stereocenters. The van der Waals surface area contributed by atoms with Crippen LogP contribution in [0.4, 0.5) is 5.69 Å². The van der Waals surface area contributed by atoms with Gasteiger partial charge < -0.3 is 10.2 Å². The van der Waals surface area contributed by atoms with Gasteiger partial charge in [-0.3, -0.25) is 4.79 Å². The normalized spacial score (nSPS) is 12.6. The Balaban J connectivity index is 1.19. The summed E-state index contributed by atoms with van der Waals surface area (Å²) in [6.45, 7) is 2.41. The number of carbonyl (C=O) groups excluding carboxylic acids is 1. The van der Waals surface area contributed by atoms with Crippen molar-refractivity contribution in [3.63, 3.8) is 0 Å². The molecule has 2 aromatic heterocycles. The summed E-state index contributed by atoms with van der Waals surface area (Å²) >= 11 is 0. The Morgan fingerprint density at radius 1 is 1.03 bits per heavy atom. The molecule has 3 heterocycles. The van der Waals surface area contributed by atoms with Gasteiger partial charge in [0.25, 0.3) is 5.91 Å². The minimum atomic E-state index is -0.151. The molecule has 31 heavy (non-hydrogen) atoms. The number of benzene rings is 2. The second-order valence-electron chi connectivity index (χ2n) is 7.54. The summed E-state index contributed by atoms with van der Waals surface area (Å²) in [7, 11) is 0. The van der Waals surface area contributed by atoms with Crippen LogP contribution in [0.15, 0.2) is 79.5 Å². The van der Waals surface area contributed by atoms with Gasteiger partial charge in [-0.2, -0.15) is 5.10 Å². The van der Waals surface area contributed by atoms with Gasteiger partial charge in [0.1, 0.15) is 12.7 Å². The van der Waals surface area contributed by atoms with E-state index in [1.165, 1.54) is 27.8 Å². The minimum Gasteiger partial charge on any atom is -0.367 e. The number of nitrogens with zero attached hydrogens (tertiary/aromatic N) is 5. The number of anilines is 1. The third-order valence-electron chi connectivity index (χ3n) is 5.49. The van der Waals surface area contributed by atoms with Crippen molar-refractivity contribution < 1.29 is 4.79 Å². The van der Waals surface area contributed by atoms with E-state index in [-0.39, 0.29) is 5.91 Å². The average Bonchev–Trinajstić information content (AvgIpc) is 3.49. The number of amides is 1. The van der Waals surface area contributed by atoms with Crippen LogP contribution in [-0.4, -0.2) is 32.2 Å². The molecule has 0 radical (unpaired) electrons. The number of para-hydroxylation sites is 1. The Morgan fingerprint density at radius 2 is 1.87 bits per heavy atom. The van der Waals surface area contributed by atoms with Gasteiger partial charge in [-0.25, -0.2) is 14.6 Å². The first-order chi connectivity index (χ1) is 15.3. The van der Waals surface area contributed by atoms with Crippen LogP contribution in [0.25, 0.3) is 5.82 Å². The zero-order valence-electron chi connectivity index (χ0n) is 17.0. The van der Waals surface area contributed by atoms with Crippen LogP contribution in [0.1, 0.15) is 27.0 Å². The Hall–Kier alpha value is -4.00. The first-order valence-corrected chi connectivity index (χ1v) is 10.3. The lowest BCUT2D eigenvalue weighted by Crippen LogP contribution is -2.23. The molecule has 0 atom stereocenters. The van der Waals surface area contributed by atoms with Crippen LogP contribution in [-0.2, 0) is 19.5 Å². The SMILES string of the molecule is O=C(NCc1ccc(CN2CCc3ccccc32)cc1)c1ccnc(-n2cncn2)c1. The molecule has 7 heteroatoms. The second-order valence-corrected chi connectivity index (χ2v) is 7.54. The molecule has 0 fully saturated rings. The highest BCUT2D eigenvalue weighted by Crippen LogP contribution is 2.28. The standard InChI is InChI=1S/C24H22N6O/c31-24(21-9-11-26-23(13-21)30-17-25-16-28-30)27-14-18-5-7-19(8-6-18)15-29-12-10-20-3-1-2-4-22(20)29/h1-9,11,13,16-17H,10,12,14-15H2,(H,27,31). The van der Waals surface area contributed by atoms with Crippen molar-refractivity contribution in [2.45, 2.75) is 19.5 Å². The number of nitrogens with one attached hydrogen (secondary N) is 1. The maximum Gasteiger partial charge on any atom is 0.251 e. The number of aromatic nitrogens is 4. The van der Waals surface area contributed by atoms with Crippen molar-refractivity contribution in [1.29, 1.82) is 0 Å². The molecule has 0 saturated carbocycles. The lowest BCUT2D eigenvalue weighted by molar-refractivity contribution is 0.0950. The molecule has 1 amide bonds. The van der Waals surface area contributed by atoms with Crippen molar-refractivity contribution in [2.24, 2.45) is 0 Å². The maximum atomic E-state index is 12.6. The van der Waals surface area contributed by atoms with Gasteiger partial charge in [-0.05, 0) is 41.3 Å². The lowest BCUT2D eigenvalue weighted by Gasteiger charge is -2.19. The van der Waals surface area contributed by atoms with Gasteiger partial charge in [0.2, 0.25) is 0 Å². The van der Waals surface area contributed by atoms with Crippen LogP contribution in [0.2, 0.25) is 0 Å². The van der Waals surface area contributed by atoms with E-state index < -0.39 is 0 Å². The van der Waals surface area contributed by atoms with Gasteiger partial charge in [0.15, 0.2) is 5.82 Å². The summed E-state index contributed by atoms with van der Waals surface area (Å²) in [6, 6.07) is 20.4. The Morgan fingerprint density at radius 3 is 2.71 bits per heavy atom. The summed E-state index contributed by atoms with van der Waals surface area (Å²) < 4.78 is 1.52. The molecule has 7 nitrogen and oxygen atoms in total. The van der Waals surface area contributed by atoms with Gasteiger partial charge in [0.05, 0.1) is 0 Å². The zero-order valence-corrected chi connectivity index (χ0v) is 17.0. The first-order valence-electron chi connectivity index (χ1n) is 10.3. The molecule has 2 aromatic carbocycles. The Kier molecular flexibility index (Phi) is 5.14. The van der Waals surface area contributed by atoms with E-state index in [0.29, 0.717) is 17.9 Å². The number of hydrogen-bond acceptors (Lipinski definition) is 5. The predicted octanol–water partition coefficient (Wildman–Crippen LogP) is 3.16. The third kappa shape index (κ3) is 4.16. The number of rotatable bonds is 6. The molecule has 0 aliphatic carbocycles. The molecule has 1 aliphatic rings. The molecule has 0 bridgehead atoms. The van der Waals surface area contributed by atoms with Crippen molar-refractivity contribution in [3.05, 3.63) is 102 Å². The zero-order chi connectivity index (χ0) is 21.0. The highest BCUT2D eigenvalue weighted by molar-refractivity contribution is 5.94. The third-order valence-corrected chi connectivity index (χ3v) is 5.49. The molecular formula is C24H22N6O. The molecule has 0 spiro atoms. The summed E-state index contributed by atoms with van der Waals surface area (Å²) in [5, 5.41) is 7.02. The van der Waals surface area contributed by atoms with Crippen molar-refractivity contribution >= 4 is 11.6 Å². The van der Waals surface area contributed by atoms with E-state index in [9.17, 15) is 4.79 Å². The molecule has 0 saturated heterocycles. The number of carbonyl (C=O) groups is 1. The molecule has 5 rings (SSSR count). The summed E-state index contributed by atoms with van der Waals surface area (Å²) in [6.07, 6.45) is 5.68. The predicted molar refractivity (Wildman–Crippen MR) is 118 cm³/mol. The second kappa shape index (κ2) is 8.39. The van der Waals surface area contributed by atoms with Gasteiger partial charge in [-0.1, -0.05) is 42.5 Å². The molecular weight excluding hydrogens is 388 g/mol. The van der Waals surface area contributed by atoms with Gasteiger partial charge in [0, 0.05) is 37.1 Å². The fraction of sp³-hybridized carbons (Fsp3) is 0.167. The quantitative estimate of drug-likeness (QED) is 0.528. The average molecular weight is 410 g/mol. The van der Waals surface area contributed by atoms with Crippen molar-refractivity contribution in [2.75, 3.05) is 11.4 Å². The number of fused-ring (bicyclic) bond motifs is 1. The van der Waals surface area contributed by atoms with E-state index in [1.54, 1.807) is 24.7 Å². The Labute approximate surface area is 180 Å². The van der Waals surface area contributed by atoms with Crippen LogP contribution >= 0.6 is 0 Å². The maximum absolute atomic E-state index is 12.6. The van der Waals surface area contributed by atoms with Crippen molar-refractivity contribution in [3.8, 4) is 5.82 Å². The highest BCUT2D eigenvalue weighted by Gasteiger charge is 2.18. The van der Waals surface area contributed by atoms with Crippen LogP contribution in [0.5, 0.6) is 0 Å². The summed E-state index contributed by atoms with van der Waals surface area (Å²) in [5.41, 5.74) is 5.61. The van der Waals surface area contributed by atoms with Gasteiger partial charge in [-0.15, -0.1) is 0 Å². The lowest BCUT2D eigenvalue weighted by atomic mass is 10.1. The largest absolute Gasteiger partial charge is 0.367 e. The van der Waals surface area contributed by atoms with Crippen LogP contribution in [0.3, 0.4) is 0 Å². The smallest absolute Gasteiger partial charge is 0.251 e. The minimum absolute atomic E-state index is 0.151. The van der Waals surface area contributed by atoms with E-state index in [2.05, 4.69) is 73.8 Å². The molecule has 4 aromatic rings. The van der Waals surface area contributed by atoms with Crippen molar-refractivity contribution in [1.82, 2.24) is 25.1 Å². The van der Waals surface area contributed by atoms with E-state index in [0.717, 1.165) is 25.1 Å². The summed E-state index contributed by atoms with van der Waals surface area (Å²) in [5.74, 6) is 0.402. The van der Waals surface area contributed by atoms with Gasteiger partial charge >= 0.3 is 0 Å². The number of pyridine rings is 1.